The van der Waals surface area contributed by atoms with Crippen molar-refractivity contribution in [2.75, 3.05) is 6.54 Å². The van der Waals surface area contributed by atoms with Crippen LogP contribution in [0.1, 0.15) is 36.7 Å². The van der Waals surface area contributed by atoms with E-state index < -0.39 is 0 Å². The van der Waals surface area contributed by atoms with E-state index in [0.717, 1.165) is 6.42 Å². The molecule has 0 aromatic heterocycles. The number of carbonyl (C=O) groups is 1. The van der Waals surface area contributed by atoms with Crippen molar-refractivity contribution in [1.82, 2.24) is 5.32 Å². The number of rotatable bonds is 5. The van der Waals surface area contributed by atoms with Crippen LogP contribution in [0.3, 0.4) is 0 Å². The fourth-order valence-electron chi connectivity index (χ4n) is 1.64. The number of carbonyl (C=O) groups excluding carboxylic acids is 1. The molecule has 1 atom stereocenters. The molecule has 0 bridgehead atoms. The fraction of sp³-hybridized carbons (Fsp3) is 0.500. The Balaban J connectivity index is 2.68. The predicted molar refractivity (Wildman–Crippen MR) is 71.0 cm³/mol. The molecule has 0 aliphatic rings. The largest absolute Gasteiger partial charge is 0.348 e. The summed E-state index contributed by atoms with van der Waals surface area (Å²) >= 11 is 0. The van der Waals surface area contributed by atoms with Gasteiger partial charge in [-0.15, -0.1) is 0 Å². The number of amides is 1. The standard InChI is InChI=1S/C14H22N2O/c1-4-11-5-7-12(8-6-11)14(17)16-13(9-15)10(2)3/h5-8,10,13H,4,9,15H2,1-3H3,(H,16,17). The lowest BCUT2D eigenvalue weighted by Gasteiger charge is -2.20. The van der Waals surface area contributed by atoms with Crippen LogP contribution >= 0.6 is 0 Å². The Bertz CT molecular complexity index is 357. The van der Waals surface area contributed by atoms with Crippen molar-refractivity contribution in [3.05, 3.63) is 35.4 Å². The Morgan fingerprint density at radius 3 is 2.29 bits per heavy atom. The highest BCUT2D eigenvalue weighted by molar-refractivity contribution is 5.94. The van der Waals surface area contributed by atoms with Crippen molar-refractivity contribution >= 4 is 5.91 Å². The van der Waals surface area contributed by atoms with Crippen molar-refractivity contribution in [3.63, 3.8) is 0 Å². The van der Waals surface area contributed by atoms with Gasteiger partial charge in [-0.05, 0) is 30.0 Å². The Morgan fingerprint density at radius 1 is 1.29 bits per heavy atom. The van der Waals surface area contributed by atoms with E-state index in [2.05, 4.69) is 26.1 Å². The molecule has 0 fully saturated rings. The van der Waals surface area contributed by atoms with Crippen LogP contribution in [0, 0.1) is 5.92 Å². The first-order valence-corrected chi connectivity index (χ1v) is 6.18. The summed E-state index contributed by atoms with van der Waals surface area (Å²) < 4.78 is 0. The molecule has 3 N–H and O–H groups in total. The molecule has 1 aromatic carbocycles. The molecule has 17 heavy (non-hydrogen) atoms. The zero-order valence-corrected chi connectivity index (χ0v) is 10.9. The van der Waals surface area contributed by atoms with E-state index in [1.807, 2.05) is 24.3 Å². The van der Waals surface area contributed by atoms with Gasteiger partial charge in [-0.25, -0.2) is 0 Å². The molecule has 1 unspecified atom stereocenters. The number of hydrogen-bond acceptors (Lipinski definition) is 2. The highest BCUT2D eigenvalue weighted by atomic mass is 16.1. The average Bonchev–Trinajstić information content (AvgIpc) is 2.35. The molecule has 3 heteroatoms. The summed E-state index contributed by atoms with van der Waals surface area (Å²) in [6.45, 7) is 6.67. The molecular formula is C14H22N2O. The Hall–Kier alpha value is -1.35. The molecule has 0 radical (unpaired) electrons. The van der Waals surface area contributed by atoms with Gasteiger partial charge < -0.3 is 11.1 Å². The maximum atomic E-state index is 12.0. The summed E-state index contributed by atoms with van der Waals surface area (Å²) in [7, 11) is 0. The normalized spacial score (nSPS) is 12.5. The van der Waals surface area contributed by atoms with Gasteiger partial charge >= 0.3 is 0 Å². The lowest BCUT2D eigenvalue weighted by Crippen LogP contribution is -2.43. The molecule has 0 spiro atoms. The van der Waals surface area contributed by atoms with Crippen molar-refractivity contribution < 1.29 is 4.79 Å². The number of aryl methyl sites for hydroxylation is 1. The third kappa shape index (κ3) is 3.86. The molecule has 0 saturated heterocycles. The van der Waals surface area contributed by atoms with Crippen molar-refractivity contribution in [2.24, 2.45) is 11.7 Å². The van der Waals surface area contributed by atoms with Gasteiger partial charge in [0.05, 0.1) is 0 Å². The molecule has 0 aliphatic heterocycles. The quantitative estimate of drug-likeness (QED) is 0.818. The molecule has 0 heterocycles. The lowest BCUT2D eigenvalue weighted by molar-refractivity contribution is 0.0928. The highest BCUT2D eigenvalue weighted by Crippen LogP contribution is 2.07. The monoisotopic (exact) mass is 234 g/mol. The summed E-state index contributed by atoms with van der Waals surface area (Å²) in [5.74, 6) is 0.302. The Labute approximate surface area is 103 Å². The first-order valence-electron chi connectivity index (χ1n) is 6.18. The van der Waals surface area contributed by atoms with Crippen LogP contribution in [0.4, 0.5) is 0 Å². The molecule has 1 amide bonds. The fourth-order valence-corrected chi connectivity index (χ4v) is 1.64. The number of nitrogens with two attached hydrogens (primary N) is 1. The molecule has 94 valence electrons. The van der Waals surface area contributed by atoms with Gasteiger partial charge in [-0.3, -0.25) is 4.79 Å². The molecule has 1 aromatic rings. The van der Waals surface area contributed by atoms with E-state index in [0.29, 0.717) is 18.0 Å². The maximum Gasteiger partial charge on any atom is 0.251 e. The van der Waals surface area contributed by atoms with Gasteiger partial charge in [0, 0.05) is 18.2 Å². The summed E-state index contributed by atoms with van der Waals surface area (Å²) in [6.07, 6.45) is 0.985. The third-order valence-corrected chi connectivity index (χ3v) is 3.00. The molecule has 0 aliphatic carbocycles. The Kier molecular flexibility index (Phi) is 5.16. The second-order valence-electron chi connectivity index (χ2n) is 4.61. The van der Waals surface area contributed by atoms with Gasteiger partial charge in [-0.1, -0.05) is 32.9 Å². The number of nitrogens with one attached hydrogen (secondary N) is 1. The van der Waals surface area contributed by atoms with Crippen LogP contribution in [0.15, 0.2) is 24.3 Å². The minimum atomic E-state index is -0.0446. The van der Waals surface area contributed by atoms with Gasteiger partial charge in [0.2, 0.25) is 0 Å². The molecular weight excluding hydrogens is 212 g/mol. The highest BCUT2D eigenvalue weighted by Gasteiger charge is 2.15. The van der Waals surface area contributed by atoms with Gasteiger partial charge in [0.1, 0.15) is 0 Å². The topological polar surface area (TPSA) is 55.1 Å². The van der Waals surface area contributed by atoms with Crippen molar-refractivity contribution in [2.45, 2.75) is 33.2 Å². The summed E-state index contributed by atoms with van der Waals surface area (Å²) in [5, 5.41) is 2.96. The van der Waals surface area contributed by atoms with E-state index in [9.17, 15) is 4.79 Å². The third-order valence-electron chi connectivity index (χ3n) is 3.00. The van der Waals surface area contributed by atoms with Crippen LogP contribution in [0.5, 0.6) is 0 Å². The van der Waals surface area contributed by atoms with E-state index in [4.69, 9.17) is 5.73 Å². The molecule has 0 saturated carbocycles. The Morgan fingerprint density at radius 2 is 1.88 bits per heavy atom. The first-order chi connectivity index (χ1) is 8.08. The minimum absolute atomic E-state index is 0.0355. The van der Waals surface area contributed by atoms with E-state index in [-0.39, 0.29) is 11.9 Å². The van der Waals surface area contributed by atoms with Crippen LogP contribution < -0.4 is 11.1 Å². The van der Waals surface area contributed by atoms with E-state index in [1.54, 1.807) is 0 Å². The second-order valence-corrected chi connectivity index (χ2v) is 4.61. The molecule has 1 rings (SSSR count). The van der Waals surface area contributed by atoms with Crippen LogP contribution in [0.25, 0.3) is 0 Å². The van der Waals surface area contributed by atoms with Crippen molar-refractivity contribution in [3.8, 4) is 0 Å². The van der Waals surface area contributed by atoms with Crippen LogP contribution in [-0.4, -0.2) is 18.5 Å². The zero-order valence-electron chi connectivity index (χ0n) is 10.9. The number of benzene rings is 1. The van der Waals surface area contributed by atoms with Crippen LogP contribution in [-0.2, 0) is 6.42 Å². The second kappa shape index (κ2) is 6.40. The molecule has 3 nitrogen and oxygen atoms in total. The minimum Gasteiger partial charge on any atom is -0.348 e. The lowest BCUT2D eigenvalue weighted by atomic mass is 10.0. The first kappa shape index (κ1) is 13.7. The smallest absolute Gasteiger partial charge is 0.251 e. The van der Waals surface area contributed by atoms with E-state index >= 15 is 0 Å². The predicted octanol–water partition coefficient (Wildman–Crippen LogP) is 1.96. The zero-order chi connectivity index (χ0) is 12.8. The maximum absolute atomic E-state index is 12.0. The summed E-state index contributed by atoms with van der Waals surface area (Å²) in [4.78, 5) is 12.0. The number of hydrogen-bond donors (Lipinski definition) is 2. The van der Waals surface area contributed by atoms with E-state index in [1.165, 1.54) is 5.56 Å². The van der Waals surface area contributed by atoms with Gasteiger partial charge in [0.15, 0.2) is 0 Å². The van der Waals surface area contributed by atoms with Gasteiger partial charge in [0.25, 0.3) is 5.91 Å². The van der Waals surface area contributed by atoms with Crippen molar-refractivity contribution in [1.29, 1.82) is 0 Å². The summed E-state index contributed by atoms with van der Waals surface area (Å²) in [6, 6.07) is 7.74. The van der Waals surface area contributed by atoms with Gasteiger partial charge in [-0.2, -0.15) is 0 Å². The summed E-state index contributed by atoms with van der Waals surface area (Å²) in [5.41, 5.74) is 7.56. The average molecular weight is 234 g/mol. The SMILES string of the molecule is CCc1ccc(C(=O)NC(CN)C(C)C)cc1. The van der Waals surface area contributed by atoms with Crippen LogP contribution in [0.2, 0.25) is 0 Å².